The lowest BCUT2D eigenvalue weighted by molar-refractivity contribution is -0.108. The SMILES string of the molecule is O=C(Cl)C(=O)c1ccc2ccccc2c1. The van der Waals surface area contributed by atoms with Gasteiger partial charge in [0.15, 0.2) is 0 Å². The van der Waals surface area contributed by atoms with Gasteiger partial charge in [-0.25, -0.2) is 0 Å². The van der Waals surface area contributed by atoms with Crippen molar-refractivity contribution in [2.24, 2.45) is 0 Å². The maximum atomic E-state index is 11.3. The van der Waals surface area contributed by atoms with E-state index < -0.39 is 11.0 Å². The van der Waals surface area contributed by atoms with Crippen LogP contribution in [0.25, 0.3) is 10.8 Å². The minimum atomic E-state index is -0.953. The zero-order valence-corrected chi connectivity index (χ0v) is 8.49. The lowest BCUT2D eigenvalue weighted by Gasteiger charge is -1.99. The maximum Gasteiger partial charge on any atom is 0.293 e. The minimum Gasteiger partial charge on any atom is -0.284 e. The average Bonchev–Trinajstić information content (AvgIpc) is 2.27. The number of Topliss-reactive ketones (excluding diaryl/α,β-unsaturated/α-hetero) is 1. The van der Waals surface area contributed by atoms with E-state index in [0.717, 1.165) is 10.8 Å². The second kappa shape index (κ2) is 3.83. The minimum absolute atomic E-state index is 0.328. The quantitative estimate of drug-likeness (QED) is 0.441. The van der Waals surface area contributed by atoms with Crippen molar-refractivity contribution in [3.8, 4) is 0 Å². The van der Waals surface area contributed by atoms with Gasteiger partial charge in [0.2, 0.25) is 5.78 Å². The first-order valence-corrected chi connectivity index (χ1v) is 4.79. The third-order valence-corrected chi connectivity index (χ3v) is 2.36. The summed E-state index contributed by atoms with van der Waals surface area (Å²) in [5.41, 5.74) is 0.328. The first-order chi connectivity index (χ1) is 7.18. The van der Waals surface area contributed by atoms with Gasteiger partial charge in [-0.05, 0) is 28.4 Å². The van der Waals surface area contributed by atoms with Crippen molar-refractivity contribution in [1.82, 2.24) is 0 Å². The molecule has 2 nitrogen and oxygen atoms in total. The fraction of sp³-hybridized carbons (Fsp3) is 0. The van der Waals surface area contributed by atoms with Crippen LogP contribution in [-0.4, -0.2) is 11.0 Å². The zero-order chi connectivity index (χ0) is 10.8. The molecule has 0 bridgehead atoms. The van der Waals surface area contributed by atoms with Crippen molar-refractivity contribution in [2.75, 3.05) is 0 Å². The Labute approximate surface area is 91.5 Å². The van der Waals surface area contributed by atoms with Crippen LogP contribution in [-0.2, 0) is 4.79 Å². The van der Waals surface area contributed by atoms with E-state index >= 15 is 0 Å². The third kappa shape index (κ3) is 1.90. The molecule has 0 aliphatic heterocycles. The summed E-state index contributed by atoms with van der Waals surface area (Å²) < 4.78 is 0. The molecule has 0 unspecified atom stereocenters. The van der Waals surface area contributed by atoms with Crippen molar-refractivity contribution < 1.29 is 9.59 Å². The summed E-state index contributed by atoms with van der Waals surface area (Å²) in [6, 6.07) is 12.7. The largest absolute Gasteiger partial charge is 0.293 e. The van der Waals surface area contributed by atoms with Crippen LogP contribution in [0.15, 0.2) is 42.5 Å². The number of benzene rings is 2. The van der Waals surface area contributed by atoms with Crippen molar-refractivity contribution in [3.63, 3.8) is 0 Å². The molecule has 2 rings (SSSR count). The summed E-state index contributed by atoms with van der Waals surface area (Å²) in [7, 11) is 0. The van der Waals surface area contributed by atoms with Gasteiger partial charge in [0, 0.05) is 5.56 Å². The van der Waals surface area contributed by atoms with Gasteiger partial charge in [-0.15, -0.1) is 0 Å². The van der Waals surface area contributed by atoms with E-state index in [1.165, 1.54) is 0 Å². The Kier molecular flexibility index (Phi) is 2.52. The highest BCUT2D eigenvalue weighted by molar-refractivity contribution is 6.83. The second-order valence-electron chi connectivity index (χ2n) is 3.16. The fourth-order valence-electron chi connectivity index (χ4n) is 1.44. The number of hydrogen-bond donors (Lipinski definition) is 0. The third-order valence-electron chi connectivity index (χ3n) is 2.19. The topological polar surface area (TPSA) is 34.1 Å². The van der Waals surface area contributed by atoms with Gasteiger partial charge in [0.25, 0.3) is 5.24 Å². The highest BCUT2D eigenvalue weighted by Gasteiger charge is 2.13. The summed E-state index contributed by atoms with van der Waals surface area (Å²) >= 11 is 5.13. The first-order valence-electron chi connectivity index (χ1n) is 4.41. The van der Waals surface area contributed by atoms with Crippen molar-refractivity contribution >= 4 is 33.4 Å². The molecule has 2 aromatic carbocycles. The van der Waals surface area contributed by atoms with Crippen molar-refractivity contribution in [3.05, 3.63) is 48.0 Å². The molecule has 0 radical (unpaired) electrons. The number of rotatable bonds is 2. The normalized spacial score (nSPS) is 10.2. The molecule has 15 heavy (non-hydrogen) atoms. The summed E-state index contributed by atoms with van der Waals surface area (Å²) in [5.74, 6) is -0.664. The van der Waals surface area contributed by atoms with Gasteiger partial charge in [-0.3, -0.25) is 9.59 Å². The Balaban J connectivity index is 2.56. The number of fused-ring (bicyclic) bond motifs is 1. The molecule has 0 spiro atoms. The molecular formula is C12H7ClO2. The standard InChI is InChI=1S/C12H7ClO2/c13-12(15)11(14)10-6-5-8-3-1-2-4-9(8)7-10/h1-7H. The predicted molar refractivity (Wildman–Crippen MR) is 59.1 cm³/mol. The number of hydrogen-bond acceptors (Lipinski definition) is 2. The number of halogens is 1. The van der Waals surface area contributed by atoms with E-state index in [1.54, 1.807) is 18.2 Å². The molecule has 74 valence electrons. The van der Waals surface area contributed by atoms with Crippen LogP contribution in [0.4, 0.5) is 0 Å². The molecule has 2 aromatic rings. The Hall–Kier alpha value is -1.67. The zero-order valence-electron chi connectivity index (χ0n) is 7.74. The van der Waals surface area contributed by atoms with E-state index in [9.17, 15) is 9.59 Å². The molecule has 0 N–H and O–H groups in total. The van der Waals surface area contributed by atoms with Gasteiger partial charge in [-0.2, -0.15) is 0 Å². The molecule has 0 aliphatic carbocycles. The van der Waals surface area contributed by atoms with Gasteiger partial charge in [0.1, 0.15) is 0 Å². The molecule has 0 saturated heterocycles. The Morgan fingerprint density at radius 1 is 0.933 bits per heavy atom. The first kappa shape index (κ1) is 9.87. The second-order valence-corrected chi connectivity index (χ2v) is 3.51. The van der Waals surface area contributed by atoms with Crippen LogP contribution in [0.3, 0.4) is 0 Å². The summed E-state index contributed by atoms with van der Waals surface area (Å²) in [6.45, 7) is 0. The maximum absolute atomic E-state index is 11.3. The van der Waals surface area contributed by atoms with Gasteiger partial charge < -0.3 is 0 Å². The van der Waals surface area contributed by atoms with Crippen LogP contribution in [0.1, 0.15) is 10.4 Å². The summed E-state index contributed by atoms with van der Waals surface area (Å²) in [4.78, 5) is 22.0. The predicted octanol–water partition coefficient (Wildman–Crippen LogP) is 2.79. The summed E-state index contributed by atoms with van der Waals surface area (Å²) in [5, 5.41) is 0.989. The number of ketones is 1. The van der Waals surface area contributed by atoms with E-state index in [-0.39, 0.29) is 0 Å². The van der Waals surface area contributed by atoms with E-state index in [4.69, 9.17) is 11.6 Å². The van der Waals surface area contributed by atoms with Crippen molar-refractivity contribution in [2.45, 2.75) is 0 Å². The molecular weight excluding hydrogens is 212 g/mol. The van der Waals surface area contributed by atoms with Crippen LogP contribution < -0.4 is 0 Å². The van der Waals surface area contributed by atoms with Gasteiger partial charge in [-0.1, -0.05) is 36.4 Å². The molecule has 0 amide bonds. The van der Waals surface area contributed by atoms with Crippen molar-refractivity contribution in [1.29, 1.82) is 0 Å². The van der Waals surface area contributed by atoms with Crippen LogP contribution in [0, 0.1) is 0 Å². The molecule has 0 atom stereocenters. The monoisotopic (exact) mass is 218 g/mol. The van der Waals surface area contributed by atoms with E-state index in [0.29, 0.717) is 5.56 Å². The summed E-state index contributed by atoms with van der Waals surface area (Å²) in [6.07, 6.45) is 0. The molecule has 0 fully saturated rings. The number of carbonyl (C=O) groups excluding carboxylic acids is 2. The van der Waals surface area contributed by atoms with Gasteiger partial charge >= 0.3 is 0 Å². The van der Waals surface area contributed by atoms with Crippen LogP contribution >= 0.6 is 11.6 Å². The highest BCUT2D eigenvalue weighted by atomic mass is 35.5. The Morgan fingerprint density at radius 3 is 2.27 bits per heavy atom. The Morgan fingerprint density at radius 2 is 1.60 bits per heavy atom. The fourth-order valence-corrected chi connectivity index (χ4v) is 1.55. The lowest BCUT2D eigenvalue weighted by atomic mass is 10.1. The molecule has 0 saturated carbocycles. The highest BCUT2D eigenvalue weighted by Crippen LogP contribution is 2.16. The number of carbonyl (C=O) groups is 2. The smallest absolute Gasteiger partial charge is 0.284 e. The Bertz CT molecular complexity index is 546. The molecule has 0 aromatic heterocycles. The van der Waals surface area contributed by atoms with E-state index in [1.807, 2.05) is 24.3 Å². The van der Waals surface area contributed by atoms with Crippen LogP contribution in [0.2, 0.25) is 0 Å². The average molecular weight is 219 g/mol. The lowest BCUT2D eigenvalue weighted by Crippen LogP contribution is -2.06. The van der Waals surface area contributed by atoms with E-state index in [2.05, 4.69) is 0 Å². The van der Waals surface area contributed by atoms with Gasteiger partial charge in [0.05, 0.1) is 0 Å². The van der Waals surface area contributed by atoms with Crippen LogP contribution in [0.5, 0.6) is 0 Å². The molecule has 3 heteroatoms. The molecule has 0 heterocycles. The molecule has 0 aliphatic rings.